The predicted octanol–water partition coefficient (Wildman–Crippen LogP) is 4.15. The fourth-order valence-corrected chi connectivity index (χ4v) is 6.17. The van der Waals surface area contributed by atoms with Gasteiger partial charge < -0.3 is 14.4 Å². The smallest absolute Gasteiger partial charge is 0.263 e. The van der Waals surface area contributed by atoms with Crippen LogP contribution in [0.1, 0.15) is 1.43 Å². The number of amides is 1. The van der Waals surface area contributed by atoms with Crippen LogP contribution in [0.5, 0.6) is 0 Å². The van der Waals surface area contributed by atoms with E-state index >= 15 is 0 Å². The molecule has 3 heterocycles. The molecule has 2 aromatic carbocycles. The number of para-hydroxylation sites is 1. The second-order valence-corrected chi connectivity index (χ2v) is 10.9. The molecule has 4 aromatic rings. The summed E-state index contributed by atoms with van der Waals surface area (Å²) in [5.41, 5.74) is 1.79. The van der Waals surface area contributed by atoms with E-state index in [4.69, 9.17) is 11.6 Å². The standard InChI is InChI=1S/C23H22ClN5O3S2.H2/c24-20-3-1-2-17-8-10-29(22(17)20)16-21(30)28-13-11-27(12-14-28)18-4-6-19(7-5-18)34(31,32)26-23-25-9-15-33-23;/h1-10,15H,11-14,16H2,(H,25,26);1H. The Morgan fingerprint density at radius 3 is 2.56 bits per heavy atom. The van der Waals surface area contributed by atoms with E-state index in [1.54, 1.807) is 35.8 Å². The van der Waals surface area contributed by atoms with Crippen LogP contribution in [0.15, 0.2) is 71.2 Å². The molecule has 5 rings (SSSR count). The number of rotatable bonds is 6. The Kier molecular flexibility index (Phi) is 6.20. The van der Waals surface area contributed by atoms with E-state index in [0.29, 0.717) is 36.3 Å². The van der Waals surface area contributed by atoms with Gasteiger partial charge in [-0.15, -0.1) is 11.3 Å². The van der Waals surface area contributed by atoms with Crippen molar-refractivity contribution in [1.82, 2.24) is 14.5 Å². The highest BCUT2D eigenvalue weighted by Crippen LogP contribution is 2.25. The van der Waals surface area contributed by atoms with Crippen molar-refractivity contribution >= 4 is 60.6 Å². The predicted molar refractivity (Wildman–Crippen MR) is 137 cm³/mol. The van der Waals surface area contributed by atoms with E-state index in [-0.39, 0.29) is 18.8 Å². The lowest BCUT2D eigenvalue weighted by Gasteiger charge is -2.36. The number of carbonyl (C=O) groups excluding carboxylic acids is 1. The molecule has 0 saturated carbocycles. The number of benzene rings is 2. The van der Waals surface area contributed by atoms with Crippen LogP contribution in [-0.2, 0) is 21.4 Å². The molecule has 1 amide bonds. The van der Waals surface area contributed by atoms with Gasteiger partial charge in [0.15, 0.2) is 5.13 Å². The Labute approximate surface area is 207 Å². The van der Waals surface area contributed by atoms with Gasteiger partial charge in [-0.25, -0.2) is 13.4 Å². The molecule has 1 aliphatic rings. The number of sulfonamides is 1. The quantitative estimate of drug-likeness (QED) is 0.415. The lowest BCUT2D eigenvalue weighted by Crippen LogP contribution is -2.49. The number of nitrogens with one attached hydrogen (secondary N) is 1. The normalized spacial score (nSPS) is 14.5. The van der Waals surface area contributed by atoms with E-state index in [9.17, 15) is 13.2 Å². The van der Waals surface area contributed by atoms with Gasteiger partial charge in [0.25, 0.3) is 10.0 Å². The number of nitrogens with zero attached hydrogens (tertiary/aromatic N) is 4. The minimum Gasteiger partial charge on any atom is -0.368 e. The highest BCUT2D eigenvalue weighted by Gasteiger charge is 2.23. The van der Waals surface area contributed by atoms with Gasteiger partial charge in [0.2, 0.25) is 5.91 Å². The summed E-state index contributed by atoms with van der Waals surface area (Å²) in [7, 11) is -3.68. The minimum atomic E-state index is -3.68. The van der Waals surface area contributed by atoms with Gasteiger partial charge in [0.05, 0.1) is 15.4 Å². The maximum atomic E-state index is 12.9. The molecular formula is C23H24ClN5O3S2. The number of aromatic nitrogens is 2. The number of thiazole rings is 1. The summed E-state index contributed by atoms with van der Waals surface area (Å²) in [6.07, 6.45) is 3.44. The van der Waals surface area contributed by atoms with Gasteiger partial charge in [0.1, 0.15) is 6.54 Å². The van der Waals surface area contributed by atoms with Crippen molar-refractivity contribution in [2.45, 2.75) is 11.4 Å². The van der Waals surface area contributed by atoms with E-state index in [0.717, 1.165) is 16.6 Å². The molecule has 1 N–H and O–H groups in total. The third-order valence-electron chi connectivity index (χ3n) is 5.84. The van der Waals surface area contributed by atoms with Crippen LogP contribution in [0.3, 0.4) is 0 Å². The van der Waals surface area contributed by atoms with E-state index in [1.807, 2.05) is 39.9 Å². The van der Waals surface area contributed by atoms with Crippen LogP contribution in [0.4, 0.5) is 10.8 Å². The fraction of sp³-hybridized carbons (Fsp3) is 0.217. The molecule has 178 valence electrons. The highest BCUT2D eigenvalue weighted by atomic mass is 35.5. The largest absolute Gasteiger partial charge is 0.368 e. The van der Waals surface area contributed by atoms with Crippen molar-refractivity contribution in [2.24, 2.45) is 0 Å². The molecule has 8 nitrogen and oxygen atoms in total. The molecule has 2 aromatic heterocycles. The van der Waals surface area contributed by atoms with Gasteiger partial charge >= 0.3 is 0 Å². The molecule has 34 heavy (non-hydrogen) atoms. The number of hydrogen-bond donors (Lipinski definition) is 1. The molecule has 1 fully saturated rings. The molecule has 1 saturated heterocycles. The zero-order chi connectivity index (χ0) is 23.7. The molecule has 11 heteroatoms. The summed E-state index contributed by atoms with van der Waals surface area (Å²) < 4.78 is 29.4. The molecule has 0 bridgehead atoms. The first-order chi connectivity index (χ1) is 16.4. The number of piperazine rings is 1. The van der Waals surface area contributed by atoms with E-state index in [2.05, 4.69) is 14.6 Å². The summed E-state index contributed by atoms with van der Waals surface area (Å²) in [4.78, 5) is 21.1. The van der Waals surface area contributed by atoms with Crippen LogP contribution in [0.2, 0.25) is 5.02 Å². The number of anilines is 2. The van der Waals surface area contributed by atoms with Gasteiger partial charge in [-0.2, -0.15) is 0 Å². The van der Waals surface area contributed by atoms with Crippen LogP contribution in [0, 0.1) is 0 Å². The first-order valence-corrected chi connectivity index (χ1v) is 13.4. The maximum Gasteiger partial charge on any atom is 0.263 e. The second kappa shape index (κ2) is 9.28. The van der Waals surface area contributed by atoms with Gasteiger partial charge in [-0.1, -0.05) is 23.7 Å². The van der Waals surface area contributed by atoms with Crippen molar-refractivity contribution in [3.63, 3.8) is 0 Å². The fourth-order valence-electron chi connectivity index (χ4n) is 4.09. The maximum absolute atomic E-state index is 12.9. The van der Waals surface area contributed by atoms with Crippen molar-refractivity contribution in [3.05, 3.63) is 71.3 Å². The zero-order valence-corrected chi connectivity index (χ0v) is 20.5. The number of fused-ring (bicyclic) bond motifs is 1. The van der Waals surface area contributed by atoms with Crippen LogP contribution in [0.25, 0.3) is 10.9 Å². The first kappa shape index (κ1) is 22.7. The third-order valence-corrected chi connectivity index (χ3v) is 8.32. The molecule has 1 aliphatic heterocycles. The minimum absolute atomic E-state index is 0. The van der Waals surface area contributed by atoms with Crippen molar-refractivity contribution in [2.75, 3.05) is 35.8 Å². The molecule has 0 radical (unpaired) electrons. The monoisotopic (exact) mass is 517 g/mol. The topological polar surface area (TPSA) is 87.5 Å². The average molecular weight is 518 g/mol. The lowest BCUT2D eigenvalue weighted by atomic mass is 10.2. The molecule has 0 spiro atoms. The summed E-state index contributed by atoms with van der Waals surface area (Å²) >= 11 is 7.56. The Morgan fingerprint density at radius 1 is 1.09 bits per heavy atom. The zero-order valence-electron chi connectivity index (χ0n) is 18.1. The van der Waals surface area contributed by atoms with Crippen molar-refractivity contribution in [1.29, 1.82) is 0 Å². The Bertz CT molecular complexity index is 1420. The van der Waals surface area contributed by atoms with Crippen LogP contribution in [-0.4, -0.2) is 55.0 Å². The highest BCUT2D eigenvalue weighted by molar-refractivity contribution is 7.93. The van der Waals surface area contributed by atoms with Crippen LogP contribution >= 0.6 is 22.9 Å². The number of carbonyl (C=O) groups is 1. The average Bonchev–Trinajstić information content (AvgIpc) is 3.50. The summed E-state index contributed by atoms with van der Waals surface area (Å²) in [6.45, 7) is 2.77. The van der Waals surface area contributed by atoms with Gasteiger partial charge in [-0.05, 0) is 36.4 Å². The van der Waals surface area contributed by atoms with Crippen LogP contribution < -0.4 is 9.62 Å². The van der Waals surface area contributed by atoms with Crippen molar-refractivity contribution in [3.8, 4) is 0 Å². The lowest BCUT2D eigenvalue weighted by molar-refractivity contribution is -0.132. The van der Waals surface area contributed by atoms with Gasteiger partial charge in [-0.3, -0.25) is 9.52 Å². The first-order valence-electron chi connectivity index (χ1n) is 10.7. The summed E-state index contributed by atoms with van der Waals surface area (Å²) in [5.74, 6) is 0.0479. The molecular weight excluding hydrogens is 494 g/mol. The number of hydrogen-bond acceptors (Lipinski definition) is 6. The molecule has 0 unspecified atom stereocenters. The Morgan fingerprint density at radius 2 is 1.85 bits per heavy atom. The third kappa shape index (κ3) is 4.61. The summed E-state index contributed by atoms with van der Waals surface area (Å²) in [6, 6.07) is 14.4. The Hall–Kier alpha value is -3.08. The number of halogens is 1. The SMILES string of the molecule is O=C(Cn1ccc2cccc(Cl)c21)N1CCN(c2ccc(S(=O)(=O)Nc3nccs3)cc2)CC1.[HH]. The molecule has 0 atom stereocenters. The summed E-state index contributed by atoms with van der Waals surface area (Å²) in [5, 5.41) is 3.69. The van der Waals surface area contributed by atoms with E-state index < -0.39 is 10.0 Å². The second-order valence-electron chi connectivity index (χ2n) is 7.93. The molecule has 0 aliphatic carbocycles. The van der Waals surface area contributed by atoms with E-state index in [1.165, 1.54) is 11.3 Å². The Balaban J connectivity index is 0.00000289. The van der Waals surface area contributed by atoms with Crippen molar-refractivity contribution < 1.29 is 14.6 Å². The van der Waals surface area contributed by atoms with Gasteiger partial charge in [0, 0.05) is 56.5 Å².